The normalized spacial score (nSPS) is 12.7. The molecule has 0 bridgehead atoms. The van der Waals surface area contributed by atoms with Crippen LogP contribution in [0.5, 0.6) is 0 Å². The molecule has 0 aliphatic heterocycles. The van der Waals surface area contributed by atoms with Gasteiger partial charge in [0.25, 0.3) is 0 Å². The van der Waals surface area contributed by atoms with Crippen molar-refractivity contribution in [2.75, 3.05) is 4.90 Å². The van der Waals surface area contributed by atoms with E-state index in [0.29, 0.717) is 0 Å². The van der Waals surface area contributed by atoms with Crippen molar-refractivity contribution in [3.8, 4) is 55.6 Å². The van der Waals surface area contributed by atoms with Crippen LogP contribution in [-0.4, -0.2) is 0 Å². The summed E-state index contributed by atoms with van der Waals surface area (Å²) in [6.07, 6.45) is 0. The highest BCUT2D eigenvalue weighted by Crippen LogP contribution is 2.52. The van der Waals surface area contributed by atoms with E-state index in [1.807, 2.05) is 0 Å². The van der Waals surface area contributed by atoms with Gasteiger partial charge in [0.15, 0.2) is 0 Å². The predicted molar refractivity (Wildman–Crippen MR) is 273 cm³/mol. The van der Waals surface area contributed by atoms with Crippen LogP contribution in [0.3, 0.4) is 0 Å². The third-order valence-electron chi connectivity index (χ3n) is 13.7. The molecule has 64 heavy (non-hydrogen) atoms. The zero-order chi connectivity index (χ0) is 42.8. The zero-order valence-electron chi connectivity index (χ0n) is 36.0. The highest BCUT2D eigenvalue weighted by Gasteiger charge is 2.36. The molecular weight excluding hydrogens is 771 g/mol. The van der Waals surface area contributed by atoms with Crippen LogP contribution in [0.2, 0.25) is 0 Å². The Morgan fingerprint density at radius 2 is 0.719 bits per heavy atom. The topological polar surface area (TPSA) is 3.24 Å². The molecule has 1 aliphatic carbocycles. The Kier molecular flexibility index (Phi) is 8.91. The average molecular weight is 816 g/mol. The van der Waals surface area contributed by atoms with Crippen molar-refractivity contribution in [2.45, 2.75) is 19.3 Å². The van der Waals surface area contributed by atoms with Crippen molar-refractivity contribution in [2.24, 2.45) is 0 Å². The Morgan fingerprint density at radius 3 is 1.42 bits per heavy atom. The summed E-state index contributed by atoms with van der Waals surface area (Å²) in [5.74, 6) is 0. The van der Waals surface area contributed by atoms with E-state index in [2.05, 4.69) is 255 Å². The highest BCUT2D eigenvalue weighted by molar-refractivity contribution is 6.13. The lowest BCUT2D eigenvalue weighted by Crippen LogP contribution is -2.16. The summed E-state index contributed by atoms with van der Waals surface area (Å²) in [7, 11) is 0. The minimum atomic E-state index is -0.205. The molecule has 0 heterocycles. The first-order chi connectivity index (χ1) is 31.5. The van der Waals surface area contributed by atoms with Crippen molar-refractivity contribution >= 4 is 49.4 Å². The van der Waals surface area contributed by atoms with Gasteiger partial charge in [0.05, 0.1) is 0 Å². The van der Waals surface area contributed by atoms with Gasteiger partial charge < -0.3 is 4.90 Å². The van der Waals surface area contributed by atoms with Gasteiger partial charge in [-0.1, -0.05) is 196 Å². The lowest BCUT2D eigenvalue weighted by Gasteiger charge is -2.28. The molecule has 0 fully saturated rings. The van der Waals surface area contributed by atoms with E-state index in [-0.39, 0.29) is 5.41 Å². The quantitative estimate of drug-likeness (QED) is 0.145. The molecule has 0 saturated heterocycles. The number of rotatable bonds is 7. The molecule has 0 atom stereocenters. The number of hydrogen-bond donors (Lipinski definition) is 0. The van der Waals surface area contributed by atoms with Crippen molar-refractivity contribution in [3.63, 3.8) is 0 Å². The van der Waals surface area contributed by atoms with Crippen molar-refractivity contribution < 1.29 is 0 Å². The van der Waals surface area contributed by atoms with Crippen LogP contribution in [0.25, 0.3) is 88.0 Å². The van der Waals surface area contributed by atoms with E-state index in [9.17, 15) is 0 Å². The molecule has 1 aliphatic rings. The molecule has 0 spiro atoms. The average Bonchev–Trinajstić information content (AvgIpc) is 3.59. The van der Waals surface area contributed by atoms with Crippen LogP contribution in [0.4, 0.5) is 17.1 Å². The lowest BCUT2D eigenvalue weighted by molar-refractivity contribution is 0.660. The van der Waals surface area contributed by atoms with Crippen molar-refractivity contribution in [1.29, 1.82) is 0 Å². The molecule has 0 unspecified atom stereocenters. The maximum absolute atomic E-state index is 2.43. The molecule has 0 radical (unpaired) electrons. The molecule has 1 nitrogen and oxygen atoms in total. The molecule has 0 N–H and O–H groups in total. The van der Waals surface area contributed by atoms with Gasteiger partial charge in [-0.2, -0.15) is 0 Å². The predicted octanol–water partition coefficient (Wildman–Crippen LogP) is 17.6. The Labute approximate surface area is 375 Å². The molecule has 0 saturated carbocycles. The molecule has 0 aromatic heterocycles. The van der Waals surface area contributed by atoms with Crippen LogP contribution in [0.1, 0.15) is 25.0 Å². The second kappa shape index (κ2) is 15.1. The van der Waals surface area contributed by atoms with Gasteiger partial charge in [0, 0.05) is 22.5 Å². The van der Waals surface area contributed by atoms with E-state index in [4.69, 9.17) is 0 Å². The standard InChI is InChI=1S/C63H45N/c1-63(2)61-40-50(45-20-23-47(24-21-45)60-39-51-16-8-9-17-55(51)56-18-10-11-19-57(56)60)30-36-58(61)59-37-35-54(41-62(59)63)64(52-31-26-44(27-32-52)42-12-4-3-5-13-42)53-33-28-46(29-34-53)49-25-22-43-14-6-7-15-48(43)38-49/h3-41H,1-2H3. The zero-order valence-corrected chi connectivity index (χ0v) is 36.0. The fourth-order valence-corrected chi connectivity index (χ4v) is 10.2. The van der Waals surface area contributed by atoms with Gasteiger partial charge in [-0.3, -0.25) is 0 Å². The van der Waals surface area contributed by atoms with Crippen LogP contribution < -0.4 is 4.90 Å². The first-order valence-electron chi connectivity index (χ1n) is 22.3. The minimum Gasteiger partial charge on any atom is -0.310 e. The van der Waals surface area contributed by atoms with Crippen LogP contribution in [-0.2, 0) is 5.41 Å². The molecule has 11 aromatic carbocycles. The molecule has 302 valence electrons. The van der Waals surface area contributed by atoms with Gasteiger partial charge >= 0.3 is 0 Å². The minimum absolute atomic E-state index is 0.205. The lowest BCUT2D eigenvalue weighted by atomic mass is 9.81. The maximum Gasteiger partial charge on any atom is 0.0465 e. The summed E-state index contributed by atoms with van der Waals surface area (Å²) >= 11 is 0. The van der Waals surface area contributed by atoms with Crippen molar-refractivity contribution in [3.05, 3.63) is 248 Å². The van der Waals surface area contributed by atoms with E-state index in [1.54, 1.807) is 0 Å². The Bertz CT molecular complexity index is 3540. The van der Waals surface area contributed by atoms with E-state index in [1.165, 1.54) is 99.1 Å². The number of benzene rings is 11. The Morgan fingerprint density at radius 1 is 0.266 bits per heavy atom. The van der Waals surface area contributed by atoms with Crippen LogP contribution in [0, 0.1) is 0 Å². The van der Waals surface area contributed by atoms with Crippen LogP contribution in [0.15, 0.2) is 237 Å². The molecule has 11 aromatic rings. The second-order valence-electron chi connectivity index (χ2n) is 17.7. The van der Waals surface area contributed by atoms with E-state index >= 15 is 0 Å². The SMILES string of the molecule is CC1(C)c2cc(-c3ccc(-c4cc5ccccc5c5ccccc45)cc3)ccc2-c2ccc(N(c3ccc(-c4ccccc4)cc3)c3ccc(-c4ccc5ccccc5c4)cc3)cc21. The monoisotopic (exact) mass is 815 g/mol. The largest absolute Gasteiger partial charge is 0.310 e. The number of anilines is 3. The fraction of sp³-hybridized carbons (Fsp3) is 0.0476. The summed E-state index contributed by atoms with van der Waals surface area (Å²) in [5.41, 5.74) is 18.3. The third kappa shape index (κ3) is 6.40. The molecule has 0 amide bonds. The summed E-state index contributed by atoms with van der Waals surface area (Å²) in [4.78, 5) is 2.41. The first kappa shape index (κ1) is 37.7. The molecule has 12 rings (SSSR count). The number of hydrogen-bond acceptors (Lipinski definition) is 1. The van der Waals surface area contributed by atoms with Crippen molar-refractivity contribution in [1.82, 2.24) is 0 Å². The Hall–Kier alpha value is -8.00. The van der Waals surface area contributed by atoms with Gasteiger partial charge in [-0.15, -0.1) is 0 Å². The van der Waals surface area contributed by atoms with E-state index in [0.717, 1.165) is 17.1 Å². The second-order valence-corrected chi connectivity index (χ2v) is 17.7. The summed E-state index contributed by atoms with van der Waals surface area (Å²) in [6.45, 7) is 4.77. The number of nitrogens with zero attached hydrogens (tertiary/aromatic N) is 1. The third-order valence-corrected chi connectivity index (χ3v) is 13.7. The van der Waals surface area contributed by atoms with Gasteiger partial charge in [0.2, 0.25) is 0 Å². The number of fused-ring (bicyclic) bond motifs is 7. The molecular formula is C63H45N. The van der Waals surface area contributed by atoms with E-state index < -0.39 is 0 Å². The fourth-order valence-electron chi connectivity index (χ4n) is 10.2. The maximum atomic E-state index is 2.43. The van der Waals surface area contributed by atoms with Gasteiger partial charge in [-0.25, -0.2) is 0 Å². The highest BCUT2D eigenvalue weighted by atomic mass is 15.1. The summed E-state index contributed by atoms with van der Waals surface area (Å²) < 4.78 is 0. The van der Waals surface area contributed by atoms with Gasteiger partial charge in [0.1, 0.15) is 0 Å². The first-order valence-corrected chi connectivity index (χ1v) is 22.3. The molecule has 1 heteroatoms. The Balaban J connectivity index is 0.893. The summed E-state index contributed by atoms with van der Waals surface area (Å²) in [5, 5.41) is 7.65. The van der Waals surface area contributed by atoms with Crippen LogP contribution >= 0.6 is 0 Å². The smallest absolute Gasteiger partial charge is 0.0465 e. The van der Waals surface area contributed by atoms with Gasteiger partial charge in [-0.05, 0) is 154 Å². The summed E-state index contributed by atoms with van der Waals surface area (Å²) in [6, 6.07) is 87.1.